The maximum absolute atomic E-state index is 11.9. The first-order chi connectivity index (χ1) is 16.3. The van der Waals surface area contributed by atoms with Gasteiger partial charge in [-0.2, -0.15) is 0 Å². The van der Waals surface area contributed by atoms with Gasteiger partial charge in [-0.05, 0) is 89.4 Å². The lowest BCUT2D eigenvalue weighted by atomic mass is 9.96. The molecule has 0 atom stereocenters. The monoisotopic (exact) mass is 482 g/mol. The highest BCUT2D eigenvalue weighted by Crippen LogP contribution is 2.27. The summed E-state index contributed by atoms with van der Waals surface area (Å²) in [6, 6.07) is 5.96. The van der Waals surface area contributed by atoms with E-state index in [1.54, 1.807) is 6.07 Å². The van der Waals surface area contributed by atoms with Gasteiger partial charge >= 0.3 is 0 Å². The van der Waals surface area contributed by atoms with Crippen molar-refractivity contribution in [1.29, 1.82) is 0 Å². The molecule has 0 fully saturated rings. The van der Waals surface area contributed by atoms with E-state index < -0.39 is 5.91 Å². The fourth-order valence-electron chi connectivity index (χ4n) is 3.32. The van der Waals surface area contributed by atoms with Gasteiger partial charge in [0.25, 0.3) is 5.56 Å². The maximum atomic E-state index is 11.9. The van der Waals surface area contributed by atoms with Gasteiger partial charge in [0, 0.05) is 54.3 Å². The van der Waals surface area contributed by atoms with Gasteiger partial charge in [0.05, 0.1) is 5.82 Å². The Balaban J connectivity index is 0.000000507. The molecular formula is C27H42N6O2. The molecule has 1 aromatic carbocycles. The minimum absolute atomic E-state index is 0.0255. The number of nitrogens with one attached hydrogen (secondary N) is 2. The average Bonchev–Trinajstić information content (AvgIpc) is 2.79. The first-order valence-corrected chi connectivity index (χ1v) is 11.8. The van der Waals surface area contributed by atoms with Gasteiger partial charge in [0.15, 0.2) is 0 Å². The summed E-state index contributed by atoms with van der Waals surface area (Å²) in [6.45, 7) is 14.8. The number of hydrogen-bond donors (Lipinski definition) is 5. The number of H-pyrrole nitrogens is 1. The van der Waals surface area contributed by atoms with E-state index in [-0.39, 0.29) is 18.1 Å². The number of carbonyl (C=O) groups excluding carboxylic acids is 1. The van der Waals surface area contributed by atoms with Crippen molar-refractivity contribution in [1.82, 2.24) is 9.88 Å². The molecule has 0 aliphatic carbocycles. The smallest absolute Gasteiger partial charge is 0.251 e. The Morgan fingerprint density at radius 2 is 1.77 bits per heavy atom. The number of carbonyl (C=O) groups is 1. The predicted octanol–water partition coefficient (Wildman–Crippen LogP) is 3.52. The van der Waals surface area contributed by atoms with Gasteiger partial charge in [0.2, 0.25) is 5.91 Å². The van der Waals surface area contributed by atoms with Crippen LogP contribution in [-0.4, -0.2) is 35.4 Å². The topological polar surface area (TPSA) is 143 Å². The van der Waals surface area contributed by atoms with Gasteiger partial charge in [-0.15, -0.1) is 0 Å². The number of benzene rings is 1. The molecule has 2 aromatic rings. The second-order valence-corrected chi connectivity index (χ2v) is 8.96. The molecule has 0 saturated carbocycles. The molecule has 1 amide bonds. The molecule has 0 spiro atoms. The van der Waals surface area contributed by atoms with E-state index in [0.717, 1.165) is 45.8 Å². The van der Waals surface area contributed by atoms with Crippen molar-refractivity contribution in [2.75, 3.05) is 18.9 Å². The van der Waals surface area contributed by atoms with Crippen molar-refractivity contribution < 1.29 is 4.79 Å². The number of aromatic nitrogens is 1. The van der Waals surface area contributed by atoms with Crippen LogP contribution >= 0.6 is 0 Å². The predicted molar refractivity (Wildman–Crippen MR) is 147 cm³/mol. The summed E-state index contributed by atoms with van der Waals surface area (Å²) < 4.78 is 0. The number of hydrogen-bond acceptors (Lipinski definition) is 6. The lowest BCUT2D eigenvalue weighted by Crippen LogP contribution is -2.22. The molecule has 8 heteroatoms. The van der Waals surface area contributed by atoms with Crippen LogP contribution in [0.2, 0.25) is 0 Å². The molecule has 0 aliphatic rings. The zero-order valence-electron chi connectivity index (χ0n) is 22.4. The molecule has 8 nitrogen and oxygen atoms in total. The fourth-order valence-corrected chi connectivity index (χ4v) is 3.32. The van der Waals surface area contributed by atoms with Crippen LogP contribution in [0.4, 0.5) is 5.69 Å². The Labute approximate surface area is 209 Å². The summed E-state index contributed by atoms with van der Waals surface area (Å²) in [6.07, 6.45) is 3.79. The third-order valence-electron chi connectivity index (χ3n) is 5.71. The van der Waals surface area contributed by atoms with Gasteiger partial charge in [-0.1, -0.05) is 6.08 Å². The zero-order valence-corrected chi connectivity index (χ0v) is 22.4. The molecule has 0 saturated heterocycles. The number of nitrogens with two attached hydrogens (primary N) is 3. The van der Waals surface area contributed by atoms with E-state index in [0.29, 0.717) is 11.4 Å². The van der Waals surface area contributed by atoms with E-state index in [1.165, 1.54) is 0 Å². The number of allylic oxidation sites excluding steroid dienone is 3. The van der Waals surface area contributed by atoms with Crippen molar-refractivity contribution in [2.24, 2.45) is 17.2 Å². The van der Waals surface area contributed by atoms with Crippen LogP contribution in [-0.2, 0) is 6.54 Å². The Kier molecular flexibility index (Phi) is 11.3. The molecular weight excluding hydrogens is 440 g/mol. The van der Waals surface area contributed by atoms with E-state index >= 15 is 0 Å². The zero-order chi connectivity index (χ0) is 26.9. The van der Waals surface area contributed by atoms with Gasteiger partial charge < -0.3 is 32.4 Å². The van der Waals surface area contributed by atoms with E-state index in [2.05, 4.69) is 10.3 Å². The number of primary amides is 1. The normalized spacial score (nSPS) is 11.7. The van der Waals surface area contributed by atoms with Crippen LogP contribution in [0, 0.1) is 20.8 Å². The highest BCUT2D eigenvalue weighted by molar-refractivity contribution is 5.97. The molecule has 8 N–H and O–H groups in total. The van der Waals surface area contributed by atoms with Crippen molar-refractivity contribution in [3.05, 3.63) is 80.0 Å². The number of rotatable bonds is 8. The summed E-state index contributed by atoms with van der Waals surface area (Å²) in [7, 11) is 1.93. The number of nitrogens with zero attached hydrogens (tertiary/aromatic N) is 1. The highest BCUT2D eigenvalue weighted by Gasteiger charge is 2.15. The van der Waals surface area contributed by atoms with Crippen molar-refractivity contribution in [3.63, 3.8) is 0 Å². The van der Waals surface area contributed by atoms with Crippen LogP contribution in [0.1, 0.15) is 66.0 Å². The number of pyridine rings is 1. The standard InChI is InChI=1S/C19H31N5O.C8H11NO/c1-6-24(5)18(21)8-7-13(4)14-9-15(19(22)25)16(11-20)17(10-14)23-12(2)3;1-5-4-6(2)9-8(10)7(5)3/h7-10,12,23H,6,11,20-21H2,1-5H3,(H2,22,25);4H,1-3H3,(H,9,10)/b13-7+,18-8+;. The van der Waals surface area contributed by atoms with Crippen LogP contribution in [0.3, 0.4) is 0 Å². The lowest BCUT2D eigenvalue weighted by molar-refractivity contribution is 0.0999. The molecule has 0 bridgehead atoms. The molecule has 192 valence electrons. The lowest BCUT2D eigenvalue weighted by Gasteiger charge is -2.19. The molecule has 0 aliphatic heterocycles. The van der Waals surface area contributed by atoms with Crippen molar-refractivity contribution >= 4 is 17.2 Å². The average molecular weight is 483 g/mol. The summed E-state index contributed by atoms with van der Waals surface area (Å²) in [4.78, 5) is 27.5. The minimum Gasteiger partial charge on any atom is -0.385 e. The summed E-state index contributed by atoms with van der Waals surface area (Å²) in [5, 5.41) is 3.34. The second kappa shape index (κ2) is 13.4. The summed E-state index contributed by atoms with van der Waals surface area (Å²) >= 11 is 0. The fraction of sp³-hybridized carbons (Fsp3) is 0.407. The van der Waals surface area contributed by atoms with Crippen molar-refractivity contribution in [2.45, 2.75) is 61.1 Å². The van der Waals surface area contributed by atoms with Gasteiger partial charge in [0.1, 0.15) is 0 Å². The quantitative estimate of drug-likeness (QED) is 0.364. The third kappa shape index (κ3) is 8.64. The van der Waals surface area contributed by atoms with Crippen LogP contribution in [0.15, 0.2) is 41.0 Å². The third-order valence-corrected chi connectivity index (χ3v) is 5.71. The number of aryl methyl sites for hydroxylation is 2. The van der Waals surface area contributed by atoms with Crippen LogP contribution in [0.5, 0.6) is 0 Å². The SMILES string of the molecule is CCN(C)/C(N)=C/C=C(\C)c1cc(NC(C)C)c(CN)c(C(N)=O)c1.Cc1cc(C)c(C)c(=O)[nH]1. The molecule has 2 rings (SSSR count). The van der Waals surface area contributed by atoms with Crippen molar-refractivity contribution in [3.8, 4) is 0 Å². The molecule has 0 radical (unpaired) electrons. The maximum Gasteiger partial charge on any atom is 0.251 e. The Morgan fingerprint density at radius 3 is 2.26 bits per heavy atom. The molecule has 0 unspecified atom stereocenters. The second-order valence-electron chi connectivity index (χ2n) is 8.96. The van der Waals surface area contributed by atoms with Crippen LogP contribution in [0.25, 0.3) is 5.57 Å². The van der Waals surface area contributed by atoms with Crippen LogP contribution < -0.4 is 28.1 Å². The Morgan fingerprint density at radius 1 is 1.14 bits per heavy atom. The first-order valence-electron chi connectivity index (χ1n) is 11.8. The Hall–Kier alpha value is -3.52. The summed E-state index contributed by atoms with van der Waals surface area (Å²) in [5.74, 6) is 0.193. The first kappa shape index (κ1) is 29.5. The molecule has 1 aromatic heterocycles. The Bertz CT molecular complexity index is 1150. The summed E-state index contributed by atoms with van der Waals surface area (Å²) in [5.41, 5.74) is 24.1. The molecule has 1 heterocycles. The van der Waals surface area contributed by atoms with E-state index in [9.17, 15) is 9.59 Å². The van der Waals surface area contributed by atoms with E-state index in [4.69, 9.17) is 17.2 Å². The largest absolute Gasteiger partial charge is 0.385 e. The number of amides is 1. The number of anilines is 1. The number of aromatic amines is 1. The minimum atomic E-state index is -0.484. The molecule has 35 heavy (non-hydrogen) atoms. The highest BCUT2D eigenvalue weighted by atomic mass is 16.1. The van der Waals surface area contributed by atoms with Gasteiger partial charge in [-0.25, -0.2) is 0 Å². The van der Waals surface area contributed by atoms with E-state index in [1.807, 2.05) is 84.7 Å². The van der Waals surface area contributed by atoms with Gasteiger partial charge in [-0.3, -0.25) is 9.59 Å².